The van der Waals surface area contributed by atoms with Gasteiger partial charge in [-0.2, -0.15) is 5.10 Å². The van der Waals surface area contributed by atoms with Gasteiger partial charge < -0.3 is 14.8 Å². The van der Waals surface area contributed by atoms with Gasteiger partial charge in [-0.3, -0.25) is 0 Å². The van der Waals surface area contributed by atoms with E-state index in [2.05, 4.69) is 21.6 Å². The van der Waals surface area contributed by atoms with E-state index in [1.165, 1.54) is 19.3 Å². The molecule has 1 aliphatic rings. The molecule has 5 rings (SSSR count). The number of benzene rings is 2. The van der Waals surface area contributed by atoms with Crippen molar-refractivity contribution < 1.29 is 9.47 Å². The predicted molar refractivity (Wildman–Crippen MR) is 121 cm³/mol. The summed E-state index contributed by atoms with van der Waals surface area (Å²) in [6.07, 6.45) is 3.76. The maximum Gasteiger partial charge on any atom is 0.348 e. The molecule has 0 atom stereocenters. The van der Waals surface area contributed by atoms with Gasteiger partial charge in [-0.05, 0) is 61.2 Å². The third-order valence-corrected chi connectivity index (χ3v) is 6.31. The number of nitrogens with zero attached hydrogens (tertiary/aromatic N) is 2. The van der Waals surface area contributed by atoms with Crippen LogP contribution in [0.3, 0.4) is 0 Å². The minimum atomic E-state index is -0.253. The Balaban J connectivity index is 1.67. The number of hydrogen-bond acceptors (Lipinski definition) is 5. The molecule has 2 aromatic carbocycles. The third-order valence-electron chi connectivity index (χ3n) is 6.31. The molecule has 2 N–H and O–H groups in total. The van der Waals surface area contributed by atoms with E-state index in [1.807, 2.05) is 37.3 Å². The molecular weight excluding hydrogens is 392 g/mol. The van der Waals surface area contributed by atoms with E-state index in [-0.39, 0.29) is 5.69 Å². The molecule has 0 radical (unpaired) electrons. The van der Waals surface area contributed by atoms with E-state index >= 15 is 0 Å². The summed E-state index contributed by atoms with van der Waals surface area (Å²) < 4.78 is 13.0. The smallest absolute Gasteiger partial charge is 0.348 e. The topological polar surface area (TPSA) is 80.7 Å². The van der Waals surface area contributed by atoms with Crippen LogP contribution in [0.1, 0.15) is 30.4 Å². The van der Waals surface area contributed by atoms with E-state index in [4.69, 9.17) is 9.47 Å². The second kappa shape index (κ2) is 7.74. The molecule has 31 heavy (non-hydrogen) atoms. The molecule has 0 bridgehead atoms. The first-order valence-electron chi connectivity index (χ1n) is 10.6. The first-order valence-corrected chi connectivity index (χ1v) is 10.6. The van der Waals surface area contributed by atoms with Crippen LogP contribution in [0.4, 0.5) is 0 Å². The normalized spacial score (nSPS) is 14.2. The van der Waals surface area contributed by atoms with Crippen molar-refractivity contribution in [3.8, 4) is 22.6 Å². The highest BCUT2D eigenvalue weighted by atomic mass is 16.5. The lowest BCUT2D eigenvalue weighted by Crippen LogP contribution is -2.34. The highest BCUT2D eigenvalue weighted by Crippen LogP contribution is 2.37. The Kier molecular flexibility index (Phi) is 4.90. The Morgan fingerprint density at radius 1 is 1.13 bits per heavy atom. The van der Waals surface area contributed by atoms with Crippen molar-refractivity contribution in [3.63, 3.8) is 0 Å². The average molecular weight is 418 g/mol. The third kappa shape index (κ3) is 3.35. The van der Waals surface area contributed by atoms with Crippen molar-refractivity contribution in [1.82, 2.24) is 19.9 Å². The number of pyridine rings is 1. The van der Waals surface area contributed by atoms with Gasteiger partial charge in [0.15, 0.2) is 5.65 Å². The van der Waals surface area contributed by atoms with Crippen LogP contribution in [-0.4, -0.2) is 34.9 Å². The van der Waals surface area contributed by atoms with E-state index in [0.29, 0.717) is 11.7 Å². The van der Waals surface area contributed by atoms with Crippen LogP contribution in [0, 0.1) is 6.92 Å². The lowest BCUT2D eigenvalue weighted by Gasteiger charge is -2.27. The number of hydrogen-bond donors (Lipinski definition) is 2. The fourth-order valence-corrected chi connectivity index (χ4v) is 4.32. The van der Waals surface area contributed by atoms with Gasteiger partial charge in [0.05, 0.1) is 19.7 Å². The van der Waals surface area contributed by atoms with Crippen LogP contribution in [0.25, 0.3) is 27.7 Å². The number of methoxy groups -OCH3 is 2. The number of fused-ring (bicyclic) bond motifs is 3. The standard InChI is InChI=1S/C24H26N4O3/c1-14-9-23-26-27-24(29)28(23)20-11-19(22(31-3)12-18(14)20)15-7-8-21(30-2)16(10-15)13-25-17-5-4-6-17/h7-12,17,25H,4-6,13H2,1-3H3,(H,27,29). The van der Waals surface area contributed by atoms with Crippen LogP contribution < -0.4 is 20.5 Å². The van der Waals surface area contributed by atoms with Gasteiger partial charge in [0.1, 0.15) is 11.5 Å². The zero-order chi connectivity index (χ0) is 21.5. The van der Waals surface area contributed by atoms with Crippen LogP contribution in [0.2, 0.25) is 0 Å². The molecule has 0 saturated heterocycles. The van der Waals surface area contributed by atoms with E-state index in [1.54, 1.807) is 18.6 Å². The van der Waals surface area contributed by atoms with Gasteiger partial charge >= 0.3 is 5.69 Å². The Hall–Kier alpha value is -3.32. The van der Waals surface area contributed by atoms with Gasteiger partial charge in [0.2, 0.25) is 0 Å². The second-order valence-corrected chi connectivity index (χ2v) is 8.15. The summed E-state index contributed by atoms with van der Waals surface area (Å²) in [5.41, 5.74) is 5.21. The highest BCUT2D eigenvalue weighted by Gasteiger charge is 2.18. The minimum absolute atomic E-state index is 0.253. The van der Waals surface area contributed by atoms with E-state index in [9.17, 15) is 4.79 Å². The second-order valence-electron chi connectivity index (χ2n) is 8.15. The Labute approximate surface area is 180 Å². The lowest BCUT2D eigenvalue weighted by atomic mass is 9.92. The number of ether oxygens (including phenoxy) is 2. The summed E-state index contributed by atoms with van der Waals surface area (Å²) in [5, 5.41) is 11.3. The number of nitrogens with one attached hydrogen (secondary N) is 2. The molecule has 2 aromatic heterocycles. The van der Waals surface area contributed by atoms with Gasteiger partial charge in [0, 0.05) is 29.1 Å². The molecular formula is C24H26N4O3. The fourth-order valence-electron chi connectivity index (χ4n) is 4.32. The molecule has 7 heteroatoms. The van der Waals surface area contributed by atoms with Crippen molar-refractivity contribution in [2.75, 3.05) is 14.2 Å². The maximum atomic E-state index is 12.4. The maximum absolute atomic E-state index is 12.4. The molecule has 1 saturated carbocycles. The van der Waals surface area contributed by atoms with Crippen LogP contribution in [-0.2, 0) is 6.54 Å². The fraction of sp³-hybridized carbons (Fsp3) is 0.333. The molecule has 1 fully saturated rings. The number of aromatic nitrogens is 3. The molecule has 160 valence electrons. The van der Waals surface area contributed by atoms with Crippen molar-refractivity contribution >= 4 is 16.6 Å². The van der Waals surface area contributed by atoms with Crippen molar-refractivity contribution in [2.45, 2.75) is 38.8 Å². The monoisotopic (exact) mass is 418 g/mol. The molecule has 1 aliphatic carbocycles. The Morgan fingerprint density at radius 2 is 1.94 bits per heavy atom. The molecule has 4 aromatic rings. The first-order chi connectivity index (χ1) is 15.1. The zero-order valence-electron chi connectivity index (χ0n) is 18.0. The van der Waals surface area contributed by atoms with Gasteiger partial charge in [0.25, 0.3) is 0 Å². The molecule has 7 nitrogen and oxygen atoms in total. The lowest BCUT2D eigenvalue weighted by molar-refractivity contribution is 0.334. The first kappa shape index (κ1) is 19.6. The van der Waals surface area contributed by atoms with Crippen molar-refractivity contribution in [3.05, 3.63) is 58.0 Å². The van der Waals surface area contributed by atoms with Crippen LogP contribution >= 0.6 is 0 Å². The summed E-state index contributed by atoms with van der Waals surface area (Å²) >= 11 is 0. The summed E-state index contributed by atoms with van der Waals surface area (Å²) in [7, 11) is 3.37. The van der Waals surface area contributed by atoms with E-state index in [0.717, 1.165) is 51.2 Å². The molecule has 2 heterocycles. The van der Waals surface area contributed by atoms with Crippen molar-refractivity contribution in [2.24, 2.45) is 0 Å². The number of aromatic amines is 1. The highest BCUT2D eigenvalue weighted by molar-refractivity contribution is 5.92. The van der Waals surface area contributed by atoms with E-state index < -0.39 is 0 Å². The molecule has 0 amide bonds. The summed E-state index contributed by atoms with van der Waals surface area (Å²) in [4.78, 5) is 12.4. The van der Waals surface area contributed by atoms with Gasteiger partial charge in [-0.25, -0.2) is 14.3 Å². The van der Waals surface area contributed by atoms with Gasteiger partial charge in [-0.1, -0.05) is 12.5 Å². The molecule has 0 spiro atoms. The quantitative estimate of drug-likeness (QED) is 0.498. The number of H-pyrrole nitrogens is 1. The summed E-state index contributed by atoms with van der Waals surface area (Å²) in [6.45, 7) is 2.76. The number of rotatable bonds is 6. The van der Waals surface area contributed by atoms with Gasteiger partial charge in [-0.15, -0.1) is 0 Å². The largest absolute Gasteiger partial charge is 0.496 e. The summed E-state index contributed by atoms with van der Waals surface area (Å²) in [6, 6.07) is 12.7. The molecule has 0 unspecified atom stereocenters. The number of aryl methyl sites for hydroxylation is 1. The minimum Gasteiger partial charge on any atom is -0.496 e. The summed E-state index contributed by atoms with van der Waals surface area (Å²) in [5.74, 6) is 1.62. The SMILES string of the molecule is COc1ccc(-c2cc3c(cc2OC)c(C)cc2n[nH]c(=O)n23)cc1CNC1CCC1. The zero-order valence-corrected chi connectivity index (χ0v) is 18.0. The van der Waals surface area contributed by atoms with Crippen LogP contribution in [0.5, 0.6) is 11.5 Å². The predicted octanol–water partition coefficient (Wildman–Crippen LogP) is 3.81. The Bertz CT molecular complexity index is 1330. The van der Waals surface area contributed by atoms with Crippen molar-refractivity contribution in [1.29, 1.82) is 0 Å². The van der Waals surface area contributed by atoms with Crippen LogP contribution in [0.15, 0.2) is 41.2 Å². The molecule has 0 aliphatic heterocycles. The average Bonchev–Trinajstić information content (AvgIpc) is 3.12. The Morgan fingerprint density at radius 3 is 2.65 bits per heavy atom.